The second-order valence-electron chi connectivity index (χ2n) is 7.62. The third-order valence-electron chi connectivity index (χ3n) is 4.12. The third kappa shape index (κ3) is 5.68. The number of nitrogens with two attached hydrogens (primary N) is 1. The maximum absolute atomic E-state index is 12.6. The number of likely N-dealkylation sites (N-methyl/N-ethyl adjacent to an activating group) is 1. The van der Waals surface area contributed by atoms with Gasteiger partial charge in [0.25, 0.3) is 0 Å². The average molecular weight is 327 g/mol. The lowest BCUT2D eigenvalue weighted by molar-refractivity contribution is -0.136. The van der Waals surface area contributed by atoms with Crippen LogP contribution in [0.5, 0.6) is 0 Å². The molecule has 0 aromatic heterocycles. The van der Waals surface area contributed by atoms with Crippen LogP contribution in [0.3, 0.4) is 0 Å². The number of carbonyl (C=O) groups excluding carboxylic acids is 2. The van der Waals surface area contributed by atoms with Crippen LogP contribution < -0.4 is 5.73 Å². The summed E-state index contributed by atoms with van der Waals surface area (Å²) >= 11 is 0. The van der Waals surface area contributed by atoms with Gasteiger partial charge < -0.3 is 20.3 Å². The first-order chi connectivity index (χ1) is 10.6. The van der Waals surface area contributed by atoms with Gasteiger partial charge in [0.15, 0.2) is 0 Å². The fraction of sp³-hybridized carbons (Fsp3) is 0.882. The summed E-state index contributed by atoms with van der Waals surface area (Å²) in [6, 6.07) is -0.481. The molecule has 0 saturated carbocycles. The lowest BCUT2D eigenvalue weighted by Crippen LogP contribution is -2.56. The van der Waals surface area contributed by atoms with Crippen LogP contribution in [0.2, 0.25) is 0 Å². The van der Waals surface area contributed by atoms with Gasteiger partial charge in [0.05, 0.1) is 6.04 Å². The van der Waals surface area contributed by atoms with E-state index in [0.717, 1.165) is 12.8 Å². The Kier molecular flexibility index (Phi) is 6.86. The minimum absolute atomic E-state index is 0.0126. The Hall–Kier alpha value is -1.30. The predicted octanol–water partition coefficient (Wildman–Crippen LogP) is 2.22. The van der Waals surface area contributed by atoms with E-state index in [9.17, 15) is 9.59 Å². The molecule has 0 bridgehead atoms. The molecule has 1 heterocycles. The quantitative estimate of drug-likeness (QED) is 0.859. The van der Waals surface area contributed by atoms with Crippen molar-refractivity contribution in [1.82, 2.24) is 9.80 Å². The van der Waals surface area contributed by atoms with E-state index in [1.165, 1.54) is 0 Å². The highest BCUT2D eigenvalue weighted by molar-refractivity contribution is 5.82. The number of rotatable bonds is 4. The third-order valence-corrected chi connectivity index (χ3v) is 4.12. The molecular weight excluding hydrogens is 294 g/mol. The number of hydrogen-bond acceptors (Lipinski definition) is 4. The predicted molar refractivity (Wildman–Crippen MR) is 91.0 cm³/mol. The topological polar surface area (TPSA) is 75.9 Å². The van der Waals surface area contributed by atoms with Gasteiger partial charge >= 0.3 is 6.09 Å². The van der Waals surface area contributed by atoms with Crippen LogP contribution in [0.1, 0.15) is 54.4 Å². The maximum atomic E-state index is 12.6. The zero-order valence-electron chi connectivity index (χ0n) is 15.5. The molecular formula is C17H33N3O3. The normalized spacial score (nSPS) is 20.3. The Morgan fingerprint density at radius 2 is 1.96 bits per heavy atom. The average Bonchev–Trinajstić information content (AvgIpc) is 2.45. The Bertz CT molecular complexity index is 418. The molecule has 0 unspecified atom stereocenters. The molecule has 0 aliphatic carbocycles. The smallest absolute Gasteiger partial charge is 0.410 e. The van der Waals surface area contributed by atoms with Crippen molar-refractivity contribution in [2.24, 2.45) is 11.7 Å². The largest absolute Gasteiger partial charge is 0.444 e. The van der Waals surface area contributed by atoms with Crippen LogP contribution >= 0.6 is 0 Å². The molecule has 1 aliphatic heterocycles. The standard InChI is InChI=1S/C17H33N3O3/c1-7-20(15(21)14(18)12(2)3)13-9-8-10-19(11-13)16(22)23-17(4,5)6/h12-14H,7-11,18H2,1-6H3/t13-,14+/m1/s1. The lowest BCUT2D eigenvalue weighted by atomic mass is 10.00. The van der Waals surface area contributed by atoms with Crippen LogP contribution in [0.15, 0.2) is 0 Å². The summed E-state index contributed by atoms with van der Waals surface area (Å²) in [6.45, 7) is 13.2. The highest BCUT2D eigenvalue weighted by Gasteiger charge is 2.34. The Morgan fingerprint density at radius 3 is 2.43 bits per heavy atom. The van der Waals surface area contributed by atoms with E-state index >= 15 is 0 Å². The molecule has 1 aliphatic rings. The van der Waals surface area contributed by atoms with Crippen molar-refractivity contribution in [3.8, 4) is 0 Å². The summed E-state index contributed by atoms with van der Waals surface area (Å²) in [5.41, 5.74) is 5.51. The van der Waals surface area contributed by atoms with Crippen molar-refractivity contribution in [3.63, 3.8) is 0 Å². The first kappa shape index (κ1) is 19.7. The van der Waals surface area contributed by atoms with Gasteiger partial charge in [-0.25, -0.2) is 4.79 Å². The molecule has 2 N–H and O–H groups in total. The van der Waals surface area contributed by atoms with E-state index in [0.29, 0.717) is 19.6 Å². The Morgan fingerprint density at radius 1 is 1.35 bits per heavy atom. The van der Waals surface area contributed by atoms with E-state index in [1.807, 2.05) is 46.4 Å². The van der Waals surface area contributed by atoms with Crippen LogP contribution in [0.25, 0.3) is 0 Å². The molecule has 0 spiro atoms. The van der Waals surface area contributed by atoms with E-state index in [2.05, 4.69) is 0 Å². The molecule has 2 atom stereocenters. The van der Waals surface area contributed by atoms with Crippen molar-refractivity contribution in [2.75, 3.05) is 19.6 Å². The lowest BCUT2D eigenvalue weighted by Gasteiger charge is -2.40. The zero-order valence-corrected chi connectivity index (χ0v) is 15.5. The van der Waals surface area contributed by atoms with Gasteiger partial charge in [-0.2, -0.15) is 0 Å². The zero-order chi connectivity index (χ0) is 17.8. The summed E-state index contributed by atoms with van der Waals surface area (Å²) in [4.78, 5) is 28.4. The van der Waals surface area contributed by atoms with Crippen molar-refractivity contribution < 1.29 is 14.3 Å². The Labute approximate surface area is 140 Å². The van der Waals surface area contributed by atoms with Gasteiger partial charge in [-0.15, -0.1) is 0 Å². The minimum Gasteiger partial charge on any atom is -0.444 e. The summed E-state index contributed by atoms with van der Waals surface area (Å²) in [5.74, 6) is 0.0700. The summed E-state index contributed by atoms with van der Waals surface area (Å²) in [7, 11) is 0. The molecule has 2 amide bonds. The SMILES string of the molecule is CCN(C(=O)[C@@H](N)C(C)C)[C@@H]1CCCN(C(=O)OC(C)(C)C)C1. The maximum Gasteiger partial charge on any atom is 0.410 e. The van der Waals surface area contributed by atoms with Crippen molar-refractivity contribution >= 4 is 12.0 Å². The highest BCUT2D eigenvalue weighted by Crippen LogP contribution is 2.20. The van der Waals surface area contributed by atoms with Gasteiger partial charge in [0, 0.05) is 25.7 Å². The number of amides is 2. The van der Waals surface area contributed by atoms with E-state index in [-0.39, 0.29) is 24.0 Å². The van der Waals surface area contributed by atoms with Crippen LogP contribution in [0, 0.1) is 5.92 Å². The van der Waals surface area contributed by atoms with Gasteiger partial charge in [-0.1, -0.05) is 13.8 Å². The number of nitrogens with zero attached hydrogens (tertiary/aromatic N) is 2. The molecule has 1 saturated heterocycles. The monoisotopic (exact) mass is 327 g/mol. The fourth-order valence-electron chi connectivity index (χ4n) is 2.77. The molecule has 6 nitrogen and oxygen atoms in total. The Balaban J connectivity index is 2.75. The number of likely N-dealkylation sites (tertiary alicyclic amines) is 1. The van der Waals surface area contributed by atoms with Crippen molar-refractivity contribution in [2.45, 2.75) is 72.1 Å². The number of ether oxygens (including phenoxy) is 1. The number of piperidine rings is 1. The van der Waals surface area contributed by atoms with Crippen molar-refractivity contribution in [3.05, 3.63) is 0 Å². The first-order valence-electron chi connectivity index (χ1n) is 8.60. The molecule has 1 rings (SSSR count). The van der Waals surface area contributed by atoms with Gasteiger partial charge in [0.1, 0.15) is 5.60 Å². The summed E-state index contributed by atoms with van der Waals surface area (Å²) < 4.78 is 5.44. The van der Waals surface area contributed by atoms with Gasteiger partial charge in [-0.3, -0.25) is 4.79 Å². The second-order valence-corrected chi connectivity index (χ2v) is 7.62. The number of carbonyl (C=O) groups is 2. The molecule has 1 fully saturated rings. The summed E-state index contributed by atoms with van der Waals surface area (Å²) in [6.07, 6.45) is 1.45. The van der Waals surface area contributed by atoms with Crippen LogP contribution in [-0.4, -0.2) is 59.1 Å². The second kappa shape index (κ2) is 7.99. The number of hydrogen-bond donors (Lipinski definition) is 1. The molecule has 134 valence electrons. The van der Waals surface area contributed by atoms with Gasteiger partial charge in [-0.05, 0) is 46.5 Å². The highest BCUT2D eigenvalue weighted by atomic mass is 16.6. The first-order valence-corrected chi connectivity index (χ1v) is 8.60. The van der Waals surface area contributed by atoms with Crippen LogP contribution in [0.4, 0.5) is 4.79 Å². The van der Waals surface area contributed by atoms with Crippen molar-refractivity contribution in [1.29, 1.82) is 0 Å². The van der Waals surface area contributed by atoms with Gasteiger partial charge in [0.2, 0.25) is 5.91 Å². The molecule has 0 aromatic rings. The minimum atomic E-state index is -0.510. The van der Waals surface area contributed by atoms with E-state index in [4.69, 9.17) is 10.5 Å². The van der Waals surface area contributed by atoms with E-state index in [1.54, 1.807) is 4.90 Å². The van der Waals surface area contributed by atoms with Crippen LogP contribution in [-0.2, 0) is 9.53 Å². The molecule has 0 aromatic carbocycles. The summed E-state index contributed by atoms with van der Waals surface area (Å²) in [5, 5.41) is 0. The molecule has 6 heteroatoms. The molecule has 23 heavy (non-hydrogen) atoms. The fourth-order valence-corrected chi connectivity index (χ4v) is 2.77. The molecule has 0 radical (unpaired) electrons. The van der Waals surface area contributed by atoms with E-state index < -0.39 is 11.6 Å².